The van der Waals surface area contributed by atoms with Gasteiger partial charge in [0.25, 0.3) is 11.8 Å². The van der Waals surface area contributed by atoms with E-state index in [-0.39, 0.29) is 47.5 Å². The fourth-order valence-electron chi connectivity index (χ4n) is 3.41. The van der Waals surface area contributed by atoms with Crippen LogP contribution in [0.2, 0.25) is 0 Å². The molecule has 1 aliphatic heterocycles. The first kappa shape index (κ1) is 30.7. The van der Waals surface area contributed by atoms with Gasteiger partial charge in [-0.05, 0) is 37.5 Å². The Balaban J connectivity index is 2.35. The zero-order valence-corrected chi connectivity index (χ0v) is 22.7. The van der Waals surface area contributed by atoms with Crippen LogP contribution in [0.15, 0.2) is 36.1 Å². The smallest absolute Gasteiger partial charge is 0.329 e. The molecule has 0 radical (unpaired) electrons. The number of hydrogen-bond acceptors (Lipinski definition) is 8. The molecule has 1 aromatic heterocycles. The van der Waals surface area contributed by atoms with Gasteiger partial charge in [0, 0.05) is 25.6 Å². The van der Waals surface area contributed by atoms with Crippen molar-refractivity contribution in [2.24, 2.45) is 5.92 Å². The molecule has 2 atom stereocenters. The molecule has 0 aliphatic carbocycles. The lowest BCUT2D eigenvalue weighted by molar-refractivity contribution is -0.153. The number of allylic oxidation sites excluding steroid dienone is 2. The third kappa shape index (κ3) is 9.73. The van der Waals surface area contributed by atoms with E-state index in [1.165, 1.54) is 26.0 Å². The Kier molecular flexibility index (Phi) is 12.1. The minimum atomic E-state index is -1.08. The van der Waals surface area contributed by atoms with Gasteiger partial charge in [-0.2, -0.15) is 0 Å². The Morgan fingerprint density at radius 2 is 1.97 bits per heavy atom. The van der Waals surface area contributed by atoms with Crippen molar-refractivity contribution in [1.82, 2.24) is 20.9 Å². The molecule has 0 spiro atoms. The first-order valence-corrected chi connectivity index (χ1v) is 13.2. The fraction of sp³-hybridized carbons (Fsp3) is 0.462. The van der Waals surface area contributed by atoms with E-state index in [2.05, 4.69) is 20.9 Å². The molecule has 0 saturated heterocycles. The van der Waals surface area contributed by atoms with Crippen molar-refractivity contribution in [3.63, 3.8) is 0 Å². The topological polar surface area (TPSA) is 144 Å². The summed E-state index contributed by atoms with van der Waals surface area (Å²) in [5.41, 5.74) is -0.265. The zero-order valence-electron chi connectivity index (χ0n) is 21.8. The van der Waals surface area contributed by atoms with Crippen LogP contribution in [0.3, 0.4) is 0 Å². The molecule has 10 nitrogen and oxygen atoms in total. The molecule has 38 heavy (non-hydrogen) atoms. The van der Waals surface area contributed by atoms with Gasteiger partial charge >= 0.3 is 5.97 Å². The quantitative estimate of drug-likeness (QED) is 0.220. The zero-order chi connectivity index (χ0) is 28.2. The second-order valence-electron chi connectivity index (χ2n) is 8.81. The molecule has 0 fully saturated rings. The van der Waals surface area contributed by atoms with Gasteiger partial charge in [-0.25, -0.2) is 14.2 Å². The number of esters is 1. The van der Waals surface area contributed by atoms with Crippen LogP contribution in [0.4, 0.5) is 4.39 Å². The summed E-state index contributed by atoms with van der Waals surface area (Å²) in [5, 5.41) is 7.64. The lowest BCUT2D eigenvalue weighted by atomic mass is 10.0. The fourth-order valence-corrected chi connectivity index (χ4v) is 3.96. The lowest BCUT2D eigenvalue weighted by Crippen LogP contribution is -2.48. The van der Waals surface area contributed by atoms with E-state index in [4.69, 9.17) is 4.74 Å². The largest absolute Gasteiger partial charge is 0.456 e. The number of thioether (sulfide) groups is 1. The van der Waals surface area contributed by atoms with E-state index < -0.39 is 41.7 Å². The highest BCUT2D eigenvalue weighted by molar-refractivity contribution is 8.13. The Morgan fingerprint density at radius 1 is 1.24 bits per heavy atom. The number of nitrogens with one attached hydrogen (secondary N) is 3. The van der Waals surface area contributed by atoms with E-state index >= 15 is 0 Å². The van der Waals surface area contributed by atoms with E-state index in [0.717, 1.165) is 17.8 Å². The number of carbonyl (C=O) groups is 5. The summed E-state index contributed by atoms with van der Waals surface area (Å²) < 4.78 is 19.9. The van der Waals surface area contributed by atoms with Gasteiger partial charge in [-0.3, -0.25) is 19.2 Å². The number of hydrogen-bond donors (Lipinski definition) is 3. The minimum absolute atomic E-state index is 0.00758. The van der Waals surface area contributed by atoms with Crippen LogP contribution in [-0.4, -0.2) is 58.2 Å². The molecule has 3 N–H and O–H groups in total. The highest BCUT2D eigenvalue weighted by atomic mass is 32.2. The summed E-state index contributed by atoms with van der Waals surface area (Å²) in [7, 11) is 0. The van der Waals surface area contributed by atoms with Crippen LogP contribution in [0.5, 0.6) is 0 Å². The van der Waals surface area contributed by atoms with E-state index in [1.54, 1.807) is 26.0 Å². The van der Waals surface area contributed by atoms with E-state index in [0.29, 0.717) is 12.2 Å². The maximum Gasteiger partial charge on any atom is 0.329 e. The Hall–Kier alpha value is -3.54. The van der Waals surface area contributed by atoms with Gasteiger partial charge < -0.3 is 20.7 Å². The van der Waals surface area contributed by atoms with Crippen LogP contribution in [0.1, 0.15) is 56.7 Å². The number of cyclic esters (lactones) is 1. The highest BCUT2D eigenvalue weighted by Crippen LogP contribution is 2.13. The van der Waals surface area contributed by atoms with Crippen molar-refractivity contribution in [2.75, 3.05) is 12.3 Å². The van der Waals surface area contributed by atoms with Gasteiger partial charge in [-0.1, -0.05) is 37.8 Å². The maximum atomic E-state index is 14.3. The first-order chi connectivity index (χ1) is 18.0. The average Bonchev–Trinajstić information content (AvgIpc) is 2.85. The molecular formula is C26H33FN4O6S. The summed E-state index contributed by atoms with van der Waals surface area (Å²) in [6.07, 6.45) is 4.00. The van der Waals surface area contributed by atoms with Crippen molar-refractivity contribution >= 4 is 40.6 Å². The molecule has 0 saturated carbocycles. The number of nitrogens with zero attached hydrogens (tertiary/aromatic N) is 1. The predicted molar refractivity (Wildman–Crippen MR) is 140 cm³/mol. The number of pyridine rings is 1. The molecule has 3 amide bonds. The van der Waals surface area contributed by atoms with Crippen molar-refractivity contribution < 1.29 is 33.1 Å². The van der Waals surface area contributed by atoms with Crippen molar-refractivity contribution in [2.45, 2.75) is 59.1 Å². The summed E-state index contributed by atoms with van der Waals surface area (Å²) in [6.45, 7) is 6.45. The third-order valence-electron chi connectivity index (χ3n) is 5.42. The van der Waals surface area contributed by atoms with Crippen LogP contribution in [0, 0.1) is 11.7 Å². The lowest BCUT2D eigenvalue weighted by Gasteiger charge is -2.24. The SMILES string of the molecule is C/C=C1\NC(=O)c2ccc(F)c(n2)CCNC(=O)C[C@@H](/C=C/CCSC(C)=O)OC(=O)[C@H](C(C)C)NC1=O. The molecule has 1 aliphatic rings. The molecule has 2 bridgehead atoms. The number of rotatable bonds is 5. The van der Waals surface area contributed by atoms with Gasteiger partial charge in [0.15, 0.2) is 5.12 Å². The van der Waals surface area contributed by atoms with Gasteiger partial charge in [0.2, 0.25) is 5.91 Å². The molecule has 206 valence electrons. The summed E-state index contributed by atoms with van der Waals surface area (Å²) in [6, 6.07) is 1.20. The molecule has 2 heterocycles. The van der Waals surface area contributed by atoms with Crippen LogP contribution in [-0.2, 0) is 30.3 Å². The van der Waals surface area contributed by atoms with Crippen molar-refractivity contribution in [3.8, 4) is 0 Å². The highest BCUT2D eigenvalue weighted by Gasteiger charge is 2.30. The normalized spacial score (nSPS) is 21.1. The first-order valence-electron chi connectivity index (χ1n) is 12.2. The van der Waals surface area contributed by atoms with Crippen LogP contribution in [0.25, 0.3) is 0 Å². The molecular weight excluding hydrogens is 515 g/mol. The Morgan fingerprint density at radius 3 is 2.63 bits per heavy atom. The van der Waals surface area contributed by atoms with Crippen molar-refractivity contribution in [1.29, 1.82) is 0 Å². The predicted octanol–water partition coefficient (Wildman–Crippen LogP) is 2.20. The van der Waals surface area contributed by atoms with Gasteiger partial charge in [0.1, 0.15) is 29.4 Å². The minimum Gasteiger partial charge on any atom is -0.456 e. The van der Waals surface area contributed by atoms with Gasteiger partial charge in [0.05, 0.1) is 12.1 Å². The molecule has 1 aromatic rings. The van der Waals surface area contributed by atoms with Crippen LogP contribution < -0.4 is 16.0 Å². The number of aromatic nitrogens is 1. The molecule has 0 unspecified atom stereocenters. The standard InChI is InChI=1S/C26H33FN4O6S/c1-5-19-24(34)31-23(15(2)3)26(36)37-17(8-6-7-13-38-16(4)32)14-22(33)28-12-11-20-18(27)9-10-21(29-20)25(35)30-19/h5-6,8-10,15,17,23H,7,11-14H2,1-4H3,(H,28,33)(H,30,35)(H,31,34)/b8-6+,19-5-/t17-,23+/m1/s1. The molecule has 2 rings (SSSR count). The average molecular weight is 549 g/mol. The van der Waals surface area contributed by atoms with E-state index in [1.807, 2.05) is 0 Å². The second kappa shape index (κ2) is 15.0. The second-order valence-corrected chi connectivity index (χ2v) is 10.1. The number of halogens is 1. The number of fused-ring (bicyclic) bond motifs is 2. The number of ether oxygens (including phenoxy) is 1. The van der Waals surface area contributed by atoms with E-state index in [9.17, 15) is 28.4 Å². The summed E-state index contributed by atoms with van der Waals surface area (Å²) in [4.78, 5) is 66.4. The summed E-state index contributed by atoms with van der Waals surface area (Å²) in [5.74, 6) is -3.17. The molecule has 0 aromatic carbocycles. The molecule has 12 heteroatoms. The monoisotopic (exact) mass is 548 g/mol. The number of amides is 3. The summed E-state index contributed by atoms with van der Waals surface area (Å²) >= 11 is 1.15. The van der Waals surface area contributed by atoms with Gasteiger partial charge in [-0.15, -0.1) is 0 Å². The van der Waals surface area contributed by atoms with Crippen LogP contribution >= 0.6 is 11.8 Å². The van der Waals surface area contributed by atoms with Crippen molar-refractivity contribution in [3.05, 3.63) is 53.3 Å². The Labute approximate surface area is 225 Å². The number of carbonyl (C=O) groups excluding carboxylic acids is 5. The Bertz CT molecular complexity index is 1120. The third-order valence-corrected chi connectivity index (χ3v) is 6.26. The maximum absolute atomic E-state index is 14.3.